The molecule has 23 heavy (non-hydrogen) atoms. The van der Waals surface area contributed by atoms with Gasteiger partial charge in [-0.2, -0.15) is 0 Å². The molecule has 0 fully saturated rings. The molecule has 0 radical (unpaired) electrons. The van der Waals surface area contributed by atoms with Gasteiger partial charge in [-0.25, -0.2) is 0 Å². The van der Waals surface area contributed by atoms with Crippen LogP contribution in [0.3, 0.4) is 0 Å². The van der Waals surface area contributed by atoms with Crippen LogP contribution in [-0.2, 0) is 11.2 Å². The number of phenolic OH excluding ortho intramolecular Hbond substituents is 1. The number of aromatic hydroxyl groups is 1. The number of carbonyl (C=O) groups excluding carboxylic acids is 1. The summed E-state index contributed by atoms with van der Waals surface area (Å²) in [5.41, 5.74) is 9.50. The van der Waals surface area contributed by atoms with Gasteiger partial charge in [0, 0.05) is 24.2 Å². The number of anilines is 1. The maximum absolute atomic E-state index is 11.9. The van der Waals surface area contributed by atoms with Gasteiger partial charge in [-0.15, -0.1) is 0 Å². The van der Waals surface area contributed by atoms with Gasteiger partial charge in [0.15, 0.2) is 0 Å². The van der Waals surface area contributed by atoms with Gasteiger partial charge in [-0.1, -0.05) is 36.9 Å². The smallest absolute Gasteiger partial charge is 0.220 e. The molecule has 120 valence electrons. The average Bonchev–Trinajstić information content (AvgIpc) is 2.54. The van der Waals surface area contributed by atoms with Crippen LogP contribution in [0.1, 0.15) is 24.0 Å². The Labute approximate surface area is 136 Å². The fraction of sp³-hybridized carbons (Fsp3) is 0.211. The molecule has 2 aromatic rings. The van der Waals surface area contributed by atoms with Gasteiger partial charge < -0.3 is 16.2 Å². The lowest BCUT2D eigenvalue weighted by atomic mass is 10.0. The van der Waals surface area contributed by atoms with Crippen LogP contribution in [-0.4, -0.2) is 17.6 Å². The number of hydrogen-bond acceptors (Lipinski definition) is 3. The third kappa shape index (κ3) is 5.18. The summed E-state index contributed by atoms with van der Waals surface area (Å²) in [5.74, 6) is 0.240. The highest BCUT2D eigenvalue weighted by Gasteiger charge is 2.05. The number of rotatable bonds is 7. The van der Waals surface area contributed by atoms with Crippen LogP contribution >= 0.6 is 0 Å². The summed E-state index contributed by atoms with van der Waals surface area (Å²) >= 11 is 0. The van der Waals surface area contributed by atoms with Gasteiger partial charge in [-0.05, 0) is 42.2 Å². The van der Waals surface area contributed by atoms with E-state index < -0.39 is 0 Å². The lowest BCUT2D eigenvalue weighted by Crippen LogP contribution is -2.24. The molecule has 0 aliphatic rings. The molecule has 0 saturated heterocycles. The second-order valence-electron chi connectivity index (χ2n) is 5.46. The van der Waals surface area contributed by atoms with E-state index in [1.807, 2.05) is 36.4 Å². The van der Waals surface area contributed by atoms with Crippen LogP contribution < -0.4 is 11.1 Å². The third-order valence-electron chi connectivity index (χ3n) is 3.67. The number of carbonyl (C=O) groups is 1. The molecule has 2 rings (SSSR count). The van der Waals surface area contributed by atoms with Crippen LogP contribution in [0.25, 0.3) is 5.57 Å². The molecule has 0 atom stereocenters. The lowest BCUT2D eigenvalue weighted by Gasteiger charge is -2.10. The Balaban J connectivity index is 1.71. The van der Waals surface area contributed by atoms with E-state index >= 15 is 0 Å². The zero-order chi connectivity index (χ0) is 16.7. The van der Waals surface area contributed by atoms with Crippen molar-refractivity contribution >= 4 is 17.2 Å². The number of nitrogens with two attached hydrogens (primary N) is 1. The summed E-state index contributed by atoms with van der Waals surface area (Å²) in [6, 6.07) is 14.5. The van der Waals surface area contributed by atoms with Crippen LogP contribution in [0.15, 0.2) is 55.1 Å². The second-order valence-corrected chi connectivity index (χ2v) is 5.46. The molecule has 0 saturated carbocycles. The van der Waals surface area contributed by atoms with Gasteiger partial charge in [0.25, 0.3) is 0 Å². The van der Waals surface area contributed by atoms with E-state index in [4.69, 9.17) is 5.73 Å². The molecule has 4 N–H and O–H groups in total. The number of benzene rings is 2. The third-order valence-corrected chi connectivity index (χ3v) is 3.67. The van der Waals surface area contributed by atoms with Gasteiger partial charge in [0.2, 0.25) is 5.91 Å². The monoisotopic (exact) mass is 310 g/mol. The SMILES string of the molecule is C=C(CCNC(=O)CCc1ccc(O)cc1)c1ccccc1N. The Morgan fingerprint density at radius 2 is 1.78 bits per heavy atom. The van der Waals surface area contributed by atoms with E-state index in [0.717, 1.165) is 16.7 Å². The first-order chi connectivity index (χ1) is 11.1. The first-order valence-electron chi connectivity index (χ1n) is 7.63. The molecular weight excluding hydrogens is 288 g/mol. The molecule has 0 aliphatic carbocycles. The highest BCUT2D eigenvalue weighted by atomic mass is 16.3. The minimum Gasteiger partial charge on any atom is -0.508 e. The zero-order valence-electron chi connectivity index (χ0n) is 13.1. The summed E-state index contributed by atoms with van der Waals surface area (Å²) in [6.07, 6.45) is 1.74. The first kappa shape index (κ1) is 16.6. The number of para-hydroxylation sites is 1. The Morgan fingerprint density at radius 3 is 2.48 bits per heavy atom. The molecule has 1 amide bonds. The maximum atomic E-state index is 11.9. The minimum atomic E-state index is 0.00640. The molecule has 0 unspecified atom stereocenters. The fourth-order valence-corrected chi connectivity index (χ4v) is 2.32. The molecule has 4 heteroatoms. The molecule has 0 aliphatic heterocycles. The molecule has 0 aromatic heterocycles. The quantitative estimate of drug-likeness (QED) is 0.688. The Bertz CT molecular complexity index is 678. The van der Waals surface area contributed by atoms with Crippen LogP contribution in [0.2, 0.25) is 0 Å². The van der Waals surface area contributed by atoms with E-state index in [2.05, 4.69) is 11.9 Å². The fourth-order valence-electron chi connectivity index (χ4n) is 2.32. The van der Waals surface area contributed by atoms with Gasteiger partial charge >= 0.3 is 0 Å². The number of aryl methyl sites for hydroxylation is 1. The maximum Gasteiger partial charge on any atom is 0.220 e. The number of nitrogens with one attached hydrogen (secondary N) is 1. The van der Waals surface area contributed by atoms with Gasteiger partial charge in [0.1, 0.15) is 5.75 Å². The van der Waals surface area contributed by atoms with E-state index in [0.29, 0.717) is 31.5 Å². The molecule has 0 bridgehead atoms. The minimum absolute atomic E-state index is 0.00640. The predicted octanol–water partition coefficient (Wildman–Crippen LogP) is 3.13. The standard InChI is InChI=1S/C19H22N2O2/c1-14(17-4-2-3-5-18(17)20)12-13-21-19(23)11-8-15-6-9-16(22)10-7-15/h2-7,9-10,22H,1,8,11-13,20H2,(H,21,23). The molecule has 2 aromatic carbocycles. The Kier molecular flexibility index (Phi) is 5.80. The zero-order valence-corrected chi connectivity index (χ0v) is 13.1. The summed E-state index contributed by atoms with van der Waals surface area (Å²) in [5, 5.41) is 12.1. The lowest BCUT2D eigenvalue weighted by molar-refractivity contribution is -0.121. The largest absolute Gasteiger partial charge is 0.508 e. The van der Waals surface area contributed by atoms with Crippen LogP contribution in [0.4, 0.5) is 5.69 Å². The average molecular weight is 310 g/mol. The second kappa shape index (κ2) is 8.03. The van der Waals surface area contributed by atoms with Crippen molar-refractivity contribution in [2.45, 2.75) is 19.3 Å². The van der Waals surface area contributed by atoms with E-state index in [1.165, 1.54) is 0 Å². The Hall–Kier alpha value is -2.75. The van der Waals surface area contributed by atoms with Crippen molar-refractivity contribution in [3.63, 3.8) is 0 Å². The normalized spacial score (nSPS) is 10.3. The van der Waals surface area contributed by atoms with Crippen molar-refractivity contribution in [2.24, 2.45) is 0 Å². The number of hydrogen-bond donors (Lipinski definition) is 3. The van der Waals surface area contributed by atoms with Gasteiger partial charge in [0.05, 0.1) is 0 Å². The van der Waals surface area contributed by atoms with Crippen molar-refractivity contribution in [1.82, 2.24) is 5.32 Å². The summed E-state index contributed by atoms with van der Waals surface area (Å²) in [6.45, 7) is 4.57. The molecular formula is C19H22N2O2. The number of nitrogen functional groups attached to an aromatic ring is 1. The highest BCUT2D eigenvalue weighted by molar-refractivity contribution is 5.77. The highest BCUT2D eigenvalue weighted by Crippen LogP contribution is 2.21. The van der Waals surface area contributed by atoms with Crippen LogP contribution in [0.5, 0.6) is 5.75 Å². The van der Waals surface area contributed by atoms with Crippen molar-refractivity contribution in [2.75, 3.05) is 12.3 Å². The Morgan fingerprint density at radius 1 is 1.09 bits per heavy atom. The summed E-state index contributed by atoms with van der Waals surface area (Å²) < 4.78 is 0. The number of phenols is 1. The molecule has 4 nitrogen and oxygen atoms in total. The van der Waals surface area contributed by atoms with Crippen molar-refractivity contribution in [1.29, 1.82) is 0 Å². The van der Waals surface area contributed by atoms with Crippen molar-refractivity contribution in [3.05, 3.63) is 66.2 Å². The van der Waals surface area contributed by atoms with Crippen molar-refractivity contribution in [3.8, 4) is 5.75 Å². The van der Waals surface area contributed by atoms with E-state index in [1.54, 1.807) is 12.1 Å². The summed E-state index contributed by atoms with van der Waals surface area (Å²) in [7, 11) is 0. The van der Waals surface area contributed by atoms with Crippen LogP contribution in [0, 0.1) is 0 Å². The molecule has 0 spiro atoms. The van der Waals surface area contributed by atoms with E-state index in [9.17, 15) is 9.90 Å². The van der Waals surface area contributed by atoms with E-state index in [-0.39, 0.29) is 11.7 Å². The topological polar surface area (TPSA) is 75.3 Å². The van der Waals surface area contributed by atoms with Crippen molar-refractivity contribution < 1.29 is 9.90 Å². The van der Waals surface area contributed by atoms with Gasteiger partial charge in [-0.3, -0.25) is 4.79 Å². The molecule has 0 heterocycles. The first-order valence-corrected chi connectivity index (χ1v) is 7.63. The predicted molar refractivity (Wildman–Crippen MR) is 93.9 cm³/mol. The summed E-state index contributed by atoms with van der Waals surface area (Å²) in [4.78, 5) is 11.9. The number of amides is 1.